The molecule has 2 rings (SSSR count). The number of unbranched alkanes of at least 4 members (excludes halogenated alkanes) is 1. The summed E-state index contributed by atoms with van der Waals surface area (Å²) >= 11 is 1.69. The second-order valence-electron chi connectivity index (χ2n) is 4.06. The Kier molecular flexibility index (Phi) is 3.88. The molecule has 0 saturated heterocycles. The van der Waals surface area contributed by atoms with Crippen molar-refractivity contribution < 1.29 is 4.79 Å². The lowest BCUT2D eigenvalue weighted by Gasteiger charge is -2.08. The molecular formula is C13H17NOS. The molecule has 1 amide bonds. The first-order valence-corrected chi connectivity index (χ1v) is 6.71. The molecule has 0 fully saturated rings. The van der Waals surface area contributed by atoms with Crippen molar-refractivity contribution in [2.24, 2.45) is 0 Å². The predicted molar refractivity (Wildman–Crippen MR) is 67.7 cm³/mol. The SMILES string of the molecule is CCCCNC(=O)C1Cc2ccccc2S1. The standard InChI is InChI=1S/C13H17NOS/c1-2-3-8-14-13(15)12-9-10-6-4-5-7-11(10)16-12/h4-7,12H,2-3,8-9H2,1H3,(H,14,15). The van der Waals surface area contributed by atoms with E-state index in [-0.39, 0.29) is 11.2 Å². The number of thioether (sulfide) groups is 1. The van der Waals surface area contributed by atoms with Gasteiger partial charge in [-0.2, -0.15) is 0 Å². The number of hydrogen-bond acceptors (Lipinski definition) is 2. The number of amides is 1. The van der Waals surface area contributed by atoms with Gasteiger partial charge in [0.05, 0.1) is 5.25 Å². The van der Waals surface area contributed by atoms with Crippen molar-refractivity contribution in [3.8, 4) is 0 Å². The highest BCUT2D eigenvalue weighted by molar-refractivity contribution is 8.01. The second-order valence-corrected chi connectivity index (χ2v) is 5.31. The summed E-state index contributed by atoms with van der Waals surface area (Å²) < 4.78 is 0. The van der Waals surface area contributed by atoms with E-state index in [1.807, 2.05) is 12.1 Å². The second kappa shape index (κ2) is 5.39. The zero-order valence-electron chi connectivity index (χ0n) is 9.53. The van der Waals surface area contributed by atoms with Crippen molar-refractivity contribution in [3.05, 3.63) is 29.8 Å². The zero-order valence-corrected chi connectivity index (χ0v) is 10.3. The lowest BCUT2D eigenvalue weighted by Crippen LogP contribution is -2.33. The molecule has 0 bridgehead atoms. The largest absolute Gasteiger partial charge is 0.355 e. The highest BCUT2D eigenvalue weighted by Crippen LogP contribution is 2.36. The van der Waals surface area contributed by atoms with Crippen LogP contribution in [0.15, 0.2) is 29.2 Å². The van der Waals surface area contributed by atoms with Gasteiger partial charge in [0.15, 0.2) is 0 Å². The van der Waals surface area contributed by atoms with E-state index in [9.17, 15) is 4.79 Å². The van der Waals surface area contributed by atoms with Crippen LogP contribution in [-0.4, -0.2) is 17.7 Å². The van der Waals surface area contributed by atoms with Crippen LogP contribution in [-0.2, 0) is 11.2 Å². The molecule has 1 aliphatic heterocycles. The van der Waals surface area contributed by atoms with Crippen LogP contribution in [0.25, 0.3) is 0 Å². The topological polar surface area (TPSA) is 29.1 Å². The van der Waals surface area contributed by atoms with Gasteiger partial charge in [-0.05, 0) is 24.5 Å². The predicted octanol–water partition coefficient (Wildman–Crippen LogP) is 2.62. The van der Waals surface area contributed by atoms with E-state index < -0.39 is 0 Å². The number of benzene rings is 1. The molecule has 1 aromatic rings. The van der Waals surface area contributed by atoms with Crippen molar-refractivity contribution in [2.75, 3.05) is 6.54 Å². The molecule has 1 N–H and O–H groups in total. The monoisotopic (exact) mass is 235 g/mol. The van der Waals surface area contributed by atoms with Crippen LogP contribution >= 0.6 is 11.8 Å². The Hall–Kier alpha value is -0.960. The van der Waals surface area contributed by atoms with Crippen LogP contribution in [0.2, 0.25) is 0 Å². The maximum atomic E-state index is 11.9. The molecule has 3 heteroatoms. The fraction of sp³-hybridized carbons (Fsp3) is 0.462. The molecule has 2 nitrogen and oxygen atoms in total. The molecule has 0 aliphatic carbocycles. The van der Waals surface area contributed by atoms with Crippen LogP contribution in [0.1, 0.15) is 25.3 Å². The minimum atomic E-state index is 0.0780. The Balaban J connectivity index is 1.88. The number of nitrogens with one attached hydrogen (secondary N) is 1. The molecule has 0 aromatic heterocycles. The number of carbonyl (C=O) groups is 1. The first-order valence-electron chi connectivity index (χ1n) is 5.83. The third-order valence-electron chi connectivity index (χ3n) is 2.77. The summed E-state index contributed by atoms with van der Waals surface area (Å²) in [6.07, 6.45) is 3.06. The lowest BCUT2D eigenvalue weighted by atomic mass is 10.1. The molecule has 0 spiro atoms. The molecule has 1 atom stereocenters. The van der Waals surface area contributed by atoms with Crippen molar-refractivity contribution in [3.63, 3.8) is 0 Å². The van der Waals surface area contributed by atoms with Gasteiger partial charge in [0.1, 0.15) is 0 Å². The Bertz CT molecular complexity index is 353. The van der Waals surface area contributed by atoms with Gasteiger partial charge in [-0.1, -0.05) is 31.5 Å². The summed E-state index contributed by atoms with van der Waals surface area (Å²) in [7, 11) is 0. The number of rotatable bonds is 4. The first kappa shape index (κ1) is 11.5. The number of hydrogen-bond donors (Lipinski definition) is 1. The first-order chi connectivity index (χ1) is 7.81. The zero-order chi connectivity index (χ0) is 11.4. The third-order valence-corrected chi connectivity index (χ3v) is 4.09. The molecule has 1 unspecified atom stereocenters. The minimum absolute atomic E-state index is 0.0780. The minimum Gasteiger partial charge on any atom is -0.355 e. The molecule has 0 radical (unpaired) electrons. The van der Waals surface area contributed by atoms with E-state index in [1.54, 1.807) is 11.8 Å². The Labute approximate surface area is 101 Å². The van der Waals surface area contributed by atoms with E-state index in [2.05, 4.69) is 24.4 Å². The van der Waals surface area contributed by atoms with Crippen LogP contribution < -0.4 is 5.32 Å². The van der Waals surface area contributed by atoms with Crippen LogP contribution in [0.5, 0.6) is 0 Å². The molecular weight excluding hydrogens is 218 g/mol. The van der Waals surface area contributed by atoms with Gasteiger partial charge < -0.3 is 5.32 Å². The van der Waals surface area contributed by atoms with Crippen LogP contribution in [0, 0.1) is 0 Å². The molecule has 1 aliphatic rings. The summed E-state index contributed by atoms with van der Waals surface area (Å²) in [5, 5.41) is 3.08. The van der Waals surface area contributed by atoms with E-state index >= 15 is 0 Å². The highest BCUT2D eigenvalue weighted by atomic mass is 32.2. The average Bonchev–Trinajstić information content (AvgIpc) is 2.73. The van der Waals surface area contributed by atoms with Crippen molar-refractivity contribution in [1.82, 2.24) is 5.32 Å². The molecule has 1 heterocycles. The van der Waals surface area contributed by atoms with Crippen LogP contribution in [0.4, 0.5) is 0 Å². The summed E-state index contributed by atoms with van der Waals surface area (Å²) in [5.41, 5.74) is 1.31. The highest BCUT2D eigenvalue weighted by Gasteiger charge is 2.27. The fourth-order valence-electron chi connectivity index (χ4n) is 1.83. The maximum absolute atomic E-state index is 11.9. The molecule has 86 valence electrons. The summed E-state index contributed by atoms with van der Waals surface area (Å²) in [6, 6.07) is 8.28. The fourth-order valence-corrected chi connectivity index (χ4v) is 3.05. The summed E-state index contributed by atoms with van der Waals surface area (Å²) in [5.74, 6) is 0.189. The van der Waals surface area contributed by atoms with Gasteiger partial charge in [0.25, 0.3) is 0 Å². The Morgan fingerprint density at radius 1 is 1.50 bits per heavy atom. The normalized spacial score (nSPS) is 18.2. The third kappa shape index (κ3) is 2.59. The average molecular weight is 235 g/mol. The van der Waals surface area contributed by atoms with Crippen molar-refractivity contribution >= 4 is 17.7 Å². The van der Waals surface area contributed by atoms with E-state index in [0.717, 1.165) is 25.8 Å². The maximum Gasteiger partial charge on any atom is 0.233 e. The molecule has 1 aromatic carbocycles. The van der Waals surface area contributed by atoms with Crippen molar-refractivity contribution in [1.29, 1.82) is 0 Å². The van der Waals surface area contributed by atoms with Gasteiger partial charge in [-0.3, -0.25) is 4.79 Å². The van der Waals surface area contributed by atoms with E-state index in [4.69, 9.17) is 0 Å². The Morgan fingerprint density at radius 2 is 2.31 bits per heavy atom. The molecule has 0 saturated carbocycles. The Morgan fingerprint density at radius 3 is 3.06 bits per heavy atom. The van der Waals surface area contributed by atoms with Gasteiger partial charge in [-0.15, -0.1) is 11.8 Å². The number of fused-ring (bicyclic) bond motifs is 1. The van der Waals surface area contributed by atoms with Gasteiger partial charge >= 0.3 is 0 Å². The van der Waals surface area contributed by atoms with E-state index in [1.165, 1.54) is 10.5 Å². The summed E-state index contributed by atoms with van der Waals surface area (Å²) in [6.45, 7) is 2.94. The van der Waals surface area contributed by atoms with Gasteiger partial charge in [-0.25, -0.2) is 0 Å². The van der Waals surface area contributed by atoms with Gasteiger partial charge in [0, 0.05) is 11.4 Å². The smallest absolute Gasteiger partial charge is 0.233 e. The van der Waals surface area contributed by atoms with Crippen molar-refractivity contribution in [2.45, 2.75) is 36.3 Å². The van der Waals surface area contributed by atoms with E-state index in [0.29, 0.717) is 0 Å². The number of carbonyl (C=O) groups excluding carboxylic acids is 1. The van der Waals surface area contributed by atoms with Gasteiger partial charge in [0.2, 0.25) is 5.91 Å². The summed E-state index contributed by atoms with van der Waals surface area (Å²) in [4.78, 5) is 13.1. The van der Waals surface area contributed by atoms with Crippen LogP contribution in [0.3, 0.4) is 0 Å². The quantitative estimate of drug-likeness (QED) is 0.813. The lowest BCUT2D eigenvalue weighted by molar-refractivity contribution is -0.120. The molecule has 16 heavy (non-hydrogen) atoms.